The van der Waals surface area contributed by atoms with Crippen molar-refractivity contribution >= 4 is 40.8 Å². The second-order valence-electron chi connectivity index (χ2n) is 8.81. The quantitative estimate of drug-likeness (QED) is 0.379. The molecule has 34 heavy (non-hydrogen) atoms. The Morgan fingerprint density at radius 2 is 2.00 bits per heavy atom. The van der Waals surface area contributed by atoms with E-state index in [-0.39, 0.29) is 5.91 Å². The Labute approximate surface area is 204 Å². The Kier molecular flexibility index (Phi) is 7.33. The maximum absolute atomic E-state index is 11.2. The number of rotatable bonds is 8. The molecule has 9 nitrogen and oxygen atoms in total. The van der Waals surface area contributed by atoms with Crippen molar-refractivity contribution in [1.82, 2.24) is 25.1 Å². The van der Waals surface area contributed by atoms with Crippen LogP contribution in [0.1, 0.15) is 48.1 Å². The predicted octanol–water partition coefficient (Wildman–Crippen LogP) is 4.18. The highest BCUT2D eigenvalue weighted by atomic mass is 35.5. The van der Waals surface area contributed by atoms with Crippen molar-refractivity contribution in [1.29, 1.82) is 0 Å². The van der Waals surface area contributed by atoms with Gasteiger partial charge in [-0.25, -0.2) is 4.98 Å². The van der Waals surface area contributed by atoms with Crippen LogP contribution in [0.2, 0.25) is 5.02 Å². The van der Waals surface area contributed by atoms with Crippen molar-refractivity contribution in [3.8, 4) is 0 Å². The highest BCUT2D eigenvalue weighted by Gasteiger charge is 2.24. The number of carbonyl (C=O) groups excluding carboxylic acids is 1. The van der Waals surface area contributed by atoms with Crippen LogP contribution in [0.3, 0.4) is 0 Å². The van der Waals surface area contributed by atoms with Gasteiger partial charge < -0.3 is 16.4 Å². The Hall–Kier alpha value is -3.17. The van der Waals surface area contributed by atoms with Crippen molar-refractivity contribution in [2.24, 2.45) is 5.73 Å². The van der Waals surface area contributed by atoms with E-state index in [1.807, 2.05) is 13.0 Å². The molecule has 0 radical (unpaired) electrons. The fourth-order valence-electron chi connectivity index (χ4n) is 4.46. The van der Waals surface area contributed by atoms with E-state index in [9.17, 15) is 4.79 Å². The summed E-state index contributed by atoms with van der Waals surface area (Å²) in [6.07, 6.45) is 4.55. The van der Waals surface area contributed by atoms with Gasteiger partial charge in [-0.3, -0.25) is 14.8 Å². The van der Waals surface area contributed by atoms with Crippen molar-refractivity contribution in [2.45, 2.75) is 46.0 Å². The number of H-pyrrole nitrogens is 1. The summed E-state index contributed by atoms with van der Waals surface area (Å²) in [5.74, 6) is 1.79. The molecule has 0 bridgehead atoms. The number of primary amides is 1. The van der Waals surface area contributed by atoms with E-state index in [0.29, 0.717) is 35.1 Å². The summed E-state index contributed by atoms with van der Waals surface area (Å²) in [7, 11) is 0. The molecule has 3 aromatic rings. The van der Waals surface area contributed by atoms with Crippen LogP contribution >= 0.6 is 11.6 Å². The Morgan fingerprint density at radius 3 is 2.65 bits per heavy atom. The van der Waals surface area contributed by atoms with Crippen LogP contribution in [-0.4, -0.2) is 50.6 Å². The fraction of sp³-hybridized carbons (Fsp3) is 0.417. The third kappa shape index (κ3) is 5.66. The Bertz CT molecular complexity index is 1170. The van der Waals surface area contributed by atoms with Gasteiger partial charge in [0.1, 0.15) is 5.02 Å². The molecule has 4 rings (SSSR count). The number of nitrogens with two attached hydrogens (primary N) is 1. The number of nitrogens with zero attached hydrogens (tertiary/aromatic N) is 4. The number of nitrogens with one attached hydrogen (secondary N) is 3. The van der Waals surface area contributed by atoms with E-state index in [1.54, 1.807) is 6.20 Å². The number of aromatic amines is 1. The predicted molar refractivity (Wildman–Crippen MR) is 135 cm³/mol. The third-order valence-electron chi connectivity index (χ3n) is 6.22. The van der Waals surface area contributed by atoms with E-state index in [0.717, 1.165) is 49.3 Å². The van der Waals surface area contributed by atoms with Crippen LogP contribution in [0, 0.1) is 13.8 Å². The topological polar surface area (TPSA) is 125 Å². The maximum atomic E-state index is 11.2. The number of aryl methyl sites for hydroxylation is 3. The number of piperidine rings is 1. The maximum Gasteiger partial charge on any atom is 0.231 e. The van der Waals surface area contributed by atoms with Crippen molar-refractivity contribution in [2.75, 3.05) is 30.3 Å². The van der Waals surface area contributed by atoms with Crippen molar-refractivity contribution in [3.63, 3.8) is 0 Å². The lowest BCUT2D eigenvalue weighted by molar-refractivity contribution is -0.119. The number of likely N-dealkylation sites (tertiary alicyclic amines) is 1. The fourth-order valence-corrected chi connectivity index (χ4v) is 4.60. The zero-order valence-electron chi connectivity index (χ0n) is 19.8. The molecule has 0 atom stereocenters. The first-order valence-corrected chi connectivity index (χ1v) is 11.9. The summed E-state index contributed by atoms with van der Waals surface area (Å²) in [5.41, 5.74) is 11.1. The normalized spacial score (nSPS) is 14.8. The Morgan fingerprint density at radius 1 is 1.24 bits per heavy atom. The number of aromatic nitrogens is 4. The van der Waals surface area contributed by atoms with Gasteiger partial charge >= 0.3 is 0 Å². The first-order valence-electron chi connectivity index (χ1n) is 11.5. The van der Waals surface area contributed by atoms with E-state index < -0.39 is 0 Å². The zero-order valence-corrected chi connectivity index (χ0v) is 20.5. The molecule has 1 aliphatic heterocycles. The van der Waals surface area contributed by atoms with Crippen LogP contribution in [0.4, 0.5) is 23.3 Å². The largest absolute Gasteiger partial charge is 0.369 e. The van der Waals surface area contributed by atoms with Crippen molar-refractivity contribution < 1.29 is 4.79 Å². The molecular weight excluding hydrogens is 452 g/mol. The number of hydrogen-bond acceptors (Lipinski definition) is 7. The summed E-state index contributed by atoms with van der Waals surface area (Å²) in [6.45, 7) is 8.31. The van der Waals surface area contributed by atoms with E-state index in [4.69, 9.17) is 17.3 Å². The molecule has 0 aliphatic carbocycles. The summed E-state index contributed by atoms with van der Waals surface area (Å²) in [4.78, 5) is 22.3. The molecule has 5 N–H and O–H groups in total. The van der Waals surface area contributed by atoms with Gasteiger partial charge in [-0.15, -0.1) is 0 Å². The number of amides is 1. The van der Waals surface area contributed by atoms with Crippen LogP contribution in [0.5, 0.6) is 0 Å². The molecule has 0 saturated carbocycles. The number of halogens is 1. The molecule has 0 unspecified atom stereocenters. The number of hydrogen-bond donors (Lipinski definition) is 4. The average Bonchev–Trinajstić information content (AvgIpc) is 3.22. The number of anilines is 4. The molecule has 2 aromatic heterocycles. The van der Waals surface area contributed by atoms with E-state index in [2.05, 4.69) is 61.7 Å². The molecule has 1 fully saturated rings. The standard InChI is InChI=1S/C24H31ClN8O/c1-4-16-11-20(14(2)9-18(16)17-5-7-33(8-6-17)13-21(26)34)28-24-27-12-19(25)23(30-24)29-22-10-15(3)31-32-22/h9-12,17H,4-8,13H2,1-3H3,(H2,26,34)(H3,27,28,29,30,31,32). The van der Waals surface area contributed by atoms with Crippen molar-refractivity contribution in [3.05, 3.63) is 51.8 Å². The average molecular weight is 483 g/mol. The molecular formula is C24H31ClN8O. The lowest BCUT2D eigenvalue weighted by atomic mass is 9.84. The van der Waals surface area contributed by atoms with E-state index in [1.165, 1.54) is 11.1 Å². The van der Waals surface area contributed by atoms with Gasteiger partial charge in [-0.05, 0) is 74.9 Å². The van der Waals surface area contributed by atoms with Gasteiger partial charge in [0.25, 0.3) is 0 Å². The number of carbonyl (C=O) groups is 1. The highest BCUT2D eigenvalue weighted by molar-refractivity contribution is 6.32. The third-order valence-corrected chi connectivity index (χ3v) is 6.49. The van der Waals surface area contributed by atoms with Gasteiger partial charge in [0, 0.05) is 17.4 Å². The lowest BCUT2D eigenvalue weighted by Crippen LogP contribution is -2.39. The van der Waals surface area contributed by atoms with Gasteiger partial charge in [0.2, 0.25) is 11.9 Å². The molecule has 1 aromatic carbocycles. The summed E-state index contributed by atoms with van der Waals surface area (Å²) >= 11 is 6.30. The smallest absolute Gasteiger partial charge is 0.231 e. The SMILES string of the molecule is CCc1cc(Nc2ncc(Cl)c(Nc3cc(C)[nH]n3)n2)c(C)cc1C1CCN(CC(N)=O)CC1. The van der Waals surface area contributed by atoms with Crippen LogP contribution < -0.4 is 16.4 Å². The molecule has 10 heteroatoms. The molecule has 180 valence electrons. The van der Waals surface area contributed by atoms with Gasteiger partial charge in [-0.2, -0.15) is 10.1 Å². The summed E-state index contributed by atoms with van der Waals surface area (Å²) in [6, 6.07) is 6.35. The van der Waals surface area contributed by atoms with Crippen LogP contribution in [0.25, 0.3) is 0 Å². The van der Waals surface area contributed by atoms with Crippen LogP contribution in [-0.2, 0) is 11.2 Å². The summed E-state index contributed by atoms with van der Waals surface area (Å²) in [5, 5.41) is 14.0. The van der Waals surface area contributed by atoms with Gasteiger partial charge in [-0.1, -0.05) is 24.6 Å². The van der Waals surface area contributed by atoms with Gasteiger partial charge in [0.15, 0.2) is 11.6 Å². The van der Waals surface area contributed by atoms with E-state index >= 15 is 0 Å². The first kappa shape index (κ1) is 24.0. The molecule has 1 aliphatic rings. The number of benzene rings is 1. The van der Waals surface area contributed by atoms with Crippen LogP contribution in [0.15, 0.2) is 24.4 Å². The molecule has 0 spiro atoms. The highest BCUT2D eigenvalue weighted by Crippen LogP contribution is 2.34. The Balaban J connectivity index is 1.51. The minimum Gasteiger partial charge on any atom is -0.369 e. The molecule has 3 heterocycles. The lowest BCUT2D eigenvalue weighted by Gasteiger charge is -2.32. The monoisotopic (exact) mass is 482 g/mol. The minimum atomic E-state index is -0.263. The zero-order chi connectivity index (χ0) is 24.2. The molecule has 1 saturated heterocycles. The summed E-state index contributed by atoms with van der Waals surface area (Å²) < 4.78 is 0. The van der Waals surface area contributed by atoms with Gasteiger partial charge in [0.05, 0.1) is 12.7 Å². The molecule has 1 amide bonds. The minimum absolute atomic E-state index is 0.263. The second kappa shape index (κ2) is 10.4. The second-order valence-corrected chi connectivity index (χ2v) is 9.22. The first-order chi connectivity index (χ1) is 16.3.